The third-order valence-electron chi connectivity index (χ3n) is 13.8. The van der Waals surface area contributed by atoms with Crippen molar-refractivity contribution in [1.82, 2.24) is 25.1 Å². The van der Waals surface area contributed by atoms with Gasteiger partial charge in [0.15, 0.2) is 0 Å². The first-order valence-corrected chi connectivity index (χ1v) is 26.7. The number of nitrogens with one attached hydrogen (secondary N) is 3. The number of alkyl carbamates (subject to hydrolysis) is 1. The van der Waals surface area contributed by atoms with E-state index in [0.717, 1.165) is 134 Å². The summed E-state index contributed by atoms with van der Waals surface area (Å²) in [6.07, 6.45) is 3.83. The number of pyridine rings is 2. The fraction of sp³-hybridized carbons (Fsp3) is 0.508. The highest BCUT2D eigenvalue weighted by Crippen LogP contribution is 2.33. The standard InChI is InChI=1S/C32H43N5O4.C27H35N5O2/c1-7-24-12-13-37(21-24)30(38)35-27-10-8-22(2)28(20-27)25-18-26(34-29(19-25)36-14-16-40-17-15-36)11-9-23(3)33-31(39)41-32(4,5)6;1-4-21-9-10-32(18-21)27(33)30-24-7-5-19(2)25(17-24)22-15-23(8-6-20(3)28)29-26(16-22)31-11-13-34-14-12-31/h8,10,18-20,23-24H,7,12-17,21H2,1-6H3,(H,33,39)(H,35,38);5,7,15-17,20-21H,4,9-14,18,28H2,1-3H3,(H,30,33)/t23?,24-;20?,21-/m11/s1. The van der Waals surface area contributed by atoms with Gasteiger partial charge in [-0.25, -0.2) is 24.4 Å². The smallest absolute Gasteiger partial charge is 0.408 e. The molecular formula is C59H78N10O6. The summed E-state index contributed by atoms with van der Waals surface area (Å²) in [4.78, 5) is 55.8. The average Bonchev–Trinajstić information content (AvgIpc) is 4.10. The molecule has 4 saturated heterocycles. The van der Waals surface area contributed by atoms with E-state index < -0.39 is 17.7 Å². The van der Waals surface area contributed by atoms with E-state index in [9.17, 15) is 14.4 Å². The molecule has 0 bridgehead atoms. The lowest BCUT2D eigenvalue weighted by Gasteiger charge is -2.28. The summed E-state index contributed by atoms with van der Waals surface area (Å²) < 4.78 is 16.4. The van der Waals surface area contributed by atoms with Gasteiger partial charge in [0.05, 0.1) is 38.5 Å². The topological polar surface area (TPSA) is 180 Å². The van der Waals surface area contributed by atoms with Crippen LogP contribution in [-0.4, -0.2) is 134 Å². The van der Waals surface area contributed by atoms with E-state index in [-0.39, 0.29) is 18.1 Å². The van der Waals surface area contributed by atoms with E-state index in [0.29, 0.717) is 49.7 Å². The van der Waals surface area contributed by atoms with Gasteiger partial charge in [0.2, 0.25) is 0 Å². The number of amides is 5. The van der Waals surface area contributed by atoms with E-state index in [4.69, 9.17) is 29.9 Å². The number of hydrogen-bond donors (Lipinski definition) is 4. The van der Waals surface area contributed by atoms with Gasteiger partial charge in [-0.1, -0.05) is 50.7 Å². The molecule has 2 aromatic heterocycles. The molecule has 2 aromatic carbocycles. The van der Waals surface area contributed by atoms with Crippen molar-refractivity contribution in [2.24, 2.45) is 17.6 Å². The van der Waals surface area contributed by atoms with Crippen LogP contribution in [0.5, 0.6) is 0 Å². The highest BCUT2D eigenvalue weighted by molar-refractivity contribution is 5.92. The minimum absolute atomic E-state index is 0.0297. The molecule has 0 spiro atoms. The zero-order chi connectivity index (χ0) is 53.6. The molecule has 75 heavy (non-hydrogen) atoms. The maximum Gasteiger partial charge on any atom is 0.408 e. The molecule has 0 radical (unpaired) electrons. The van der Waals surface area contributed by atoms with Crippen molar-refractivity contribution in [3.63, 3.8) is 0 Å². The minimum Gasteiger partial charge on any atom is -0.444 e. The second-order valence-corrected chi connectivity index (χ2v) is 21.0. The number of rotatable bonds is 9. The lowest BCUT2D eigenvalue weighted by atomic mass is 9.99. The number of ether oxygens (including phenoxy) is 3. The average molecular weight is 1020 g/mol. The van der Waals surface area contributed by atoms with Crippen LogP contribution in [0.3, 0.4) is 0 Å². The number of likely N-dealkylation sites (tertiary alicyclic amines) is 2. The van der Waals surface area contributed by atoms with Crippen molar-refractivity contribution in [3.05, 3.63) is 83.2 Å². The van der Waals surface area contributed by atoms with Crippen molar-refractivity contribution >= 4 is 41.2 Å². The van der Waals surface area contributed by atoms with Crippen LogP contribution in [0.2, 0.25) is 0 Å². The molecule has 16 heteroatoms. The number of urea groups is 2. The first kappa shape index (κ1) is 55.9. The number of carbonyl (C=O) groups is 3. The normalized spacial score (nSPS) is 18.3. The van der Waals surface area contributed by atoms with Crippen LogP contribution in [0, 0.1) is 49.4 Å². The third kappa shape index (κ3) is 16.3. The first-order chi connectivity index (χ1) is 35.9. The van der Waals surface area contributed by atoms with Gasteiger partial charge < -0.3 is 55.5 Å². The largest absolute Gasteiger partial charge is 0.444 e. The van der Waals surface area contributed by atoms with E-state index in [1.807, 2.05) is 92.9 Å². The lowest BCUT2D eigenvalue weighted by Crippen LogP contribution is -2.37. The Morgan fingerprint density at radius 2 is 1.12 bits per heavy atom. The number of anilines is 4. The summed E-state index contributed by atoms with van der Waals surface area (Å²) in [6.45, 7) is 26.6. The molecule has 2 unspecified atom stereocenters. The summed E-state index contributed by atoms with van der Waals surface area (Å²) in [5, 5.41) is 8.96. The van der Waals surface area contributed by atoms with Crippen molar-refractivity contribution in [2.45, 2.75) is 106 Å². The zero-order valence-electron chi connectivity index (χ0n) is 45.6. The van der Waals surface area contributed by atoms with Crippen LogP contribution < -0.4 is 31.5 Å². The van der Waals surface area contributed by atoms with Gasteiger partial charge in [-0.05, 0) is 167 Å². The summed E-state index contributed by atoms with van der Waals surface area (Å²) >= 11 is 0. The van der Waals surface area contributed by atoms with E-state index in [1.54, 1.807) is 0 Å². The van der Waals surface area contributed by atoms with E-state index >= 15 is 0 Å². The predicted molar refractivity (Wildman–Crippen MR) is 299 cm³/mol. The van der Waals surface area contributed by atoms with Crippen LogP contribution >= 0.6 is 0 Å². The molecule has 8 rings (SSSR count). The molecule has 16 nitrogen and oxygen atoms in total. The van der Waals surface area contributed by atoms with E-state index in [1.165, 1.54) is 0 Å². The highest BCUT2D eigenvalue weighted by Gasteiger charge is 2.27. The Morgan fingerprint density at radius 3 is 1.52 bits per heavy atom. The number of morpholine rings is 2. The Kier molecular flexibility index (Phi) is 19.4. The maximum absolute atomic E-state index is 13.0. The number of nitrogens with zero attached hydrogens (tertiary/aromatic N) is 6. The van der Waals surface area contributed by atoms with Crippen LogP contribution in [0.4, 0.5) is 37.4 Å². The number of carbonyl (C=O) groups excluding carboxylic acids is 3. The summed E-state index contributed by atoms with van der Waals surface area (Å²) in [6, 6.07) is 19.4. The molecule has 5 amide bonds. The molecule has 0 saturated carbocycles. The highest BCUT2D eigenvalue weighted by atomic mass is 16.6. The molecule has 4 aromatic rings. The molecule has 400 valence electrons. The number of aryl methyl sites for hydroxylation is 2. The van der Waals surface area contributed by atoms with Gasteiger partial charge in [-0.2, -0.15) is 0 Å². The lowest BCUT2D eigenvalue weighted by molar-refractivity contribution is 0.0519. The van der Waals surface area contributed by atoms with Crippen molar-refractivity contribution in [1.29, 1.82) is 0 Å². The van der Waals surface area contributed by atoms with Crippen LogP contribution in [-0.2, 0) is 14.2 Å². The maximum atomic E-state index is 13.0. The summed E-state index contributed by atoms with van der Waals surface area (Å²) in [5.41, 5.74) is 14.3. The molecule has 4 fully saturated rings. The Labute approximate surface area is 444 Å². The molecule has 4 aliphatic rings. The third-order valence-corrected chi connectivity index (χ3v) is 13.8. The first-order valence-electron chi connectivity index (χ1n) is 26.7. The van der Waals surface area contributed by atoms with Gasteiger partial charge in [0.25, 0.3) is 0 Å². The predicted octanol–water partition coefficient (Wildman–Crippen LogP) is 9.28. The van der Waals surface area contributed by atoms with Crippen molar-refractivity contribution in [2.75, 3.05) is 99.2 Å². The quantitative estimate of drug-likeness (QED) is 0.117. The van der Waals surface area contributed by atoms with Crippen LogP contribution in [0.15, 0.2) is 60.7 Å². The fourth-order valence-electron chi connectivity index (χ4n) is 9.40. The molecule has 4 atom stereocenters. The number of aromatic nitrogens is 2. The van der Waals surface area contributed by atoms with E-state index in [2.05, 4.69) is 89.3 Å². The Hall–Kier alpha value is -6.85. The molecule has 0 aliphatic carbocycles. The van der Waals surface area contributed by atoms with Crippen molar-refractivity contribution in [3.8, 4) is 45.9 Å². The summed E-state index contributed by atoms with van der Waals surface area (Å²) in [7, 11) is 0. The molecular weight excluding hydrogens is 945 g/mol. The fourth-order valence-corrected chi connectivity index (χ4v) is 9.40. The van der Waals surface area contributed by atoms with Crippen molar-refractivity contribution < 1.29 is 28.6 Å². The monoisotopic (exact) mass is 1020 g/mol. The Morgan fingerprint density at radius 1 is 0.680 bits per heavy atom. The van der Waals surface area contributed by atoms with Crippen LogP contribution in [0.25, 0.3) is 22.3 Å². The second-order valence-electron chi connectivity index (χ2n) is 21.0. The second kappa shape index (κ2) is 26.1. The number of hydrogen-bond acceptors (Lipinski definition) is 11. The van der Waals surface area contributed by atoms with Gasteiger partial charge in [0.1, 0.15) is 28.6 Å². The Balaban J connectivity index is 0.000000222. The van der Waals surface area contributed by atoms with Gasteiger partial charge in [0, 0.05) is 63.7 Å². The van der Waals surface area contributed by atoms with Crippen LogP contribution in [0.1, 0.15) is 96.7 Å². The molecule has 5 N–H and O–H groups in total. The SMILES string of the molecule is CC[C@@H]1CCN(C(=O)Nc2ccc(C)c(-c3cc(C#CC(C)N)nc(N4CCOCC4)c3)c2)C1.CC[C@@H]1CCN(C(=O)Nc2ccc(C)c(-c3cc(C#CC(C)NC(=O)OC(C)(C)C)nc(N4CCOCC4)c3)c2)C1. The molecule has 4 aliphatic heterocycles. The Bertz CT molecular complexity index is 2760. The van der Waals surface area contributed by atoms with Gasteiger partial charge >= 0.3 is 18.2 Å². The number of nitrogens with two attached hydrogens (primary N) is 1. The molecule has 6 heterocycles. The van der Waals surface area contributed by atoms with Gasteiger partial charge in [-0.3, -0.25) is 0 Å². The number of benzene rings is 2. The summed E-state index contributed by atoms with van der Waals surface area (Å²) in [5.74, 6) is 15.3. The minimum atomic E-state index is -0.585. The van der Waals surface area contributed by atoms with Gasteiger partial charge in [-0.15, -0.1) is 0 Å². The zero-order valence-corrected chi connectivity index (χ0v) is 45.6.